The summed E-state index contributed by atoms with van der Waals surface area (Å²) in [6.45, 7) is 0. The minimum Gasteiger partial charge on any atom is -0.479 e. The van der Waals surface area contributed by atoms with Crippen molar-refractivity contribution < 1.29 is 19.4 Å². The van der Waals surface area contributed by atoms with Crippen LogP contribution in [-0.4, -0.2) is 16.1 Å². The molecule has 0 aliphatic carbocycles. The van der Waals surface area contributed by atoms with Crippen LogP contribution in [-0.2, 0) is 21.8 Å². The number of halogens is 1. The molecule has 1 atom stereocenters. The van der Waals surface area contributed by atoms with Gasteiger partial charge in [-0.05, 0) is 21.2 Å². The van der Waals surface area contributed by atoms with Gasteiger partial charge in [-0.25, -0.2) is 9.78 Å². The topological polar surface area (TPSA) is 59.4 Å². The van der Waals surface area contributed by atoms with E-state index in [9.17, 15) is 14.4 Å². The van der Waals surface area contributed by atoms with E-state index in [1.807, 2.05) is 42.5 Å². The molecule has 4 nitrogen and oxygen atoms in total. The van der Waals surface area contributed by atoms with Gasteiger partial charge in [0.2, 0.25) is 0 Å². The van der Waals surface area contributed by atoms with Crippen LogP contribution in [0.4, 0.5) is 4.53 Å². The Labute approximate surface area is 142 Å². The average molecular weight is 343 g/mol. The average Bonchev–Trinajstić information content (AvgIpc) is 3.16. The highest BCUT2D eigenvalue weighted by Gasteiger charge is 2.45. The first-order chi connectivity index (χ1) is 11.7. The Morgan fingerprint density at radius 2 is 1.79 bits per heavy atom. The number of hydrogen-bond acceptors (Lipinski definition) is 4. The Kier molecular flexibility index (Phi) is 4.69. The SMILES string of the molecule is O=C(O)C(Cc1ccc(-c2ccccc2)cc1)(OF)c1cscn1. The van der Waals surface area contributed by atoms with Crippen molar-refractivity contribution in [3.05, 3.63) is 76.7 Å². The van der Waals surface area contributed by atoms with Gasteiger partial charge >= 0.3 is 5.97 Å². The Morgan fingerprint density at radius 3 is 2.33 bits per heavy atom. The summed E-state index contributed by atoms with van der Waals surface area (Å²) in [5, 5.41) is 11.0. The largest absolute Gasteiger partial charge is 0.479 e. The molecule has 0 amide bonds. The van der Waals surface area contributed by atoms with Crippen LogP contribution >= 0.6 is 11.3 Å². The third-order valence-electron chi connectivity index (χ3n) is 3.84. The zero-order chi connectivity index (χ0) is 17.0. The predicted octanol–water partition coefficient (Wildman–Crippen LogP) is 4.23. The quantitative estimate of drug-likeness (QED) is 0.727. The number of carbonyl (C=O) groups is 1. The van der Waals surface area contributed by atoms with Gasteiger partial charge in [0.1, 0.15) is 0 Å². The number of benzene rings is 2. The molecule has 122 valence electrons. The van der Waals surface area contributed by atoms with Gasteiger partial charge in [-0.15, -0.1) is 11.3 Å². The zero-order valence-electron chi connectivity index (χ0n) is 12.6. The minimum atomic E-state index is -2.13. The summed E-state index contributed by atoms with van der Waals surface area (Å²) in [5.41, 5.74) is 2.06. The molecule has 6 heteroatoms. The highest BCUT2D eigenvalue weighted by atomic mass is 32.1. The molecular formula is C18H14FNO3S. The summed E-state index contributed by atoms with van der Waals surface area (Å²) < 4.78 is 13.2. The Bertz CT molecular complexity index is 806. The van der Waals surface area contributed by atoms with Crippen molar-refractivity contribution >= 4 is 17.3 Å². The van der Waals surface area contributed by atoms with Gasteiger partial charge in [-0.2, -0.15) is 4.94 Å². The monoisotopic (exact) mass is 343 g/mol. The van der Waals surface area contributed by atoms with Crippen LogP contribution in [0.2, 0.25) is 0 Å². The van der Waals surface area contributed by atoms with Gasteiger partial charge in [-0.1, -0.05) is 54.6 Å². The van der Waals surface area contributed by atoms with Crippen molar-refractivity contribution in [1.82, 2.24) is 4.98 Å². The van der Waals surface area contributed by atoms with Crippen molar-refractivity contribution in [2.45, 2.75) is 12.0 Å². The molecule has 3 aromatic rings. The van der Waals surface area contributed by atoms with Crippen molar-refractivity contribution in [3.8, 4) is 11.1 Å². The first-order valence-corrected chi connectivity index (χ1v) is 8.16. The smallest absolute Gasteiger partial charge is 0.346 e. The second kappa shape index (κ2) is 6.90. The van der Waals surface area contributed by atoms with Crippen molar-refractivity contribution in [2.24, 2.45) is 0 Å². The van der Waals surface area contributed by atoms with Gasteiger partial charge in [0.25, 0.3) is 5.60 Å². The van der Waals surface area contributed by atoms with Crippen LogP contribution in [0.15, 0.2) is 65.5 Å². The van der Waals surface area contributed by atoms with Crippen molar-refractivity contribution in [3.63, 3.8) is 0 Å². The van der Waals surface area contributed by atoms with E-state index in [2.05, 4.69) is 9.93 Å². The van der Waals surface area contributed by atoms with E-state index >= 15 is 0 Å². The zero-order valence-corrected chi connectivity index (χ0v) is 13.4. The van der Waals surface area contributed by atoms with E-state index in [-0.39, 0.29) is 12.1 Å². The summed E-state index contributed by atoms with van der Waals surface area (Å²) in [6, 6.07) is 17.1. The molecule has 1 heterocycles. The number of nitrogens with zero attached hydrogens (tertiary/aromatic N) is 1. The Morgan fingerprint density at radius 1 is 1.12 bits per heavy atom. The summed E-state index contributed by atoms with van der Waals surface area (Å²) in [7, 11) is 0. The number of carboxylic acids is 1. The van der Waals surface area contributed by atoms with Crippen LogP contribution in [0.5, 0.6) is 0 Å². The molecule has 2 aromatic carbocycles. The lowest BCUT2D eigenvalue weighted by Gasteiger charge is -2.22. The fourth-order valence-electron chi connectivity index (χ4n) is 2.52. The first kappa shape index (κ1) is 16.3. The molecule has 0 saturated heterocycles. The second-order valence-electron chi connectivity index (χ2n) is 5.32. The van der Waals surface area contributed by atoms with Gasteiger partial charge in [0.15, 0.2) is 0 Å². The maximum Gasteiger partial charge on any atom is 0.346 e. The molecule has 0 saturated carbocycles. The highest BCUT2D eigenvalue weighted by Crippen LogP contribution is 2.31. The summed E-state index contributed by atoms with van der Waals surface area (Å²) >= 11 is 1.19. The molecule has 1 aromatic heterocycles. The number of hydrogen-bond donors (Lipinski definition) is 1. The molecule has 0 radical (unpaired) electrons. The van der Waals surface area contributed by atoms with Crippen LogP contribution in [0.3, 0.4) is 0 Å². The van der Waals surface area contributed by atoms with Crippen LogP contribution in [0.25, 0.3) is 11.1 Å². The van der Waals surface area contributed by atoms with Gasteiger partial charge in [0.05, 0.1) is 11.2 Å². The van der Waals surface area contributed by atoms with Crippen LogP contribution in [0, 0.1) is 0 Å². The summed E-state index contributed by atoms with van der Waals surface area (Å²) in [5.74, 6) is -1.41. The Hall–Kier alpha value is -2.57. The summed E-state index contributed by atoms with van der Waals surface area (Å²) in [4.78, 5) is 19.5. The van der Waals surface area contributed by atoms with E-state index in [4.69, 9.17) is 0 Å². The predicted molar refractivity (Wildman–Crippen MR) is 89.2 cm³/mol. The maximum absolute atomic E-state index is 13.2. The second-order valence-corrected chi connectivity index (χ2v) is 6.04. The number of aliphatic carboxylic acids is 1. The molecular weight excluding hydrogens is 329 g/mol. The molecule has 3 rings (SSSR count). The molecule has 0 aliphatic heterocycles. The van der Waals surface area contributed by atoms with Crippen molar-refractivity contribution in [1.29, 1.82) is 0 Å². The van der Waals surface area contributed by atoms with E-state index in [1.165, 1.54) is 22.2 Å². The maximum atomic E-state index is 13.2. The number of rotatable bonds is 6. The summed E-state index contributed by atoms with van der Waals surface area (Å²) in [6.07, 6.45) is -0.155. The van der Waals surface area contributed by atoms with Gasteiger partial charge in [0, 0.05) is 11.8 Å². The van der Waals surface area contributed by atoms with E-state index in [0.717, 1.165) is 11.1 Å². The molecule has 24 heavy (non-hydrogen) atoms. The normalized spacial score (nSPS) is 13.4. The molecule has 0 aliphatic rings. The standard InChI is InChI=1S/C18H14FNO3S/c19-23-18(17(21)22,16-11-24-12-20-16)10-13-6-8-15(9-7-13)14-4-2-1-3-5-14/h1-9,11-12H,10H2,(H,21,22). The molecule has 0 fully saturated rings. The molecule has 1 unspecified atom stereocenters. The lowest BCUT2D eigenvalue weighted by molar-refractivity contribution is -0.248. The van der Waals surface area contributed by atoms with Crippen LogP contribution < -0.4 is 0 Å². The lowest BCUT2D eigenvalue weighted by atomic mass is 9.91. The third kappa shape index (κ3) is 3.06. The van der Waals surface area contributed by atoms with Gasteiger partial charge < -0.3 is 5.11 Å². The fourth-order valence-corrected chi connectivity index (χ4v) is 3.14. The molecule has 1 N–H and O–H groups in total. The molecule has 0 spiro atoms. The number of thiazole rings is 1. The van der Waals surface area contributed by atoms with Crippen LogP contribution in [0.1, 0.15) is 11.3 Å². The first-order valence-electron chi connectivity index (χ1n) is 7.22. The van der Waals surface area contributed by atoms with E-state index in [1.54, 1.807) is 12.1 Å². The van der Waals surface area contributed by atoms with E-state index < -0.39 is 11.6 Å². The fraction of sp³-hybridized carbons (Fsp3) is 0.111. The minimum absolute atomic E-state index is 0.0506. The Balaban J connectivity index is 1.90. The molecule has 0 bridgehead atoms. The number of carboxylic acid groups (broad SMARTS) is 1. The highest BCUT2D eigenvalue weighted by molar-refractivity contribution is 7.07. The van der Waals surface area contributed by atoms with Crippen molar-refractivity contribution in [2.75, 3.05) is 0 Å². The van der Waals surface area contributed by atoms with E-state index in [0.29, 0.717) is 5.56 Å². The third-order valence-corrected chi connectivity index (χ3v) is 4.42. The lowest BCUT2D eigenvalue weighted by Crippen LogP contribution is -2.39. The number of aromatic nitrogens is 1. The van der Waals surface area contributed by atoms with Gasteiger partial charge in [-0.3, -0.25) is 0 Å².